The lowest BCUT2D eigenvalue weighted by Gasteiger charge is -2.47. The maximum absolute atomic E-state index is 14.0. The topological polar surface area (TPSA) is 203 Å². The van der Waals surface area contributed by atoms with E-state index < -0.39 is 22.3 Å². The van der Waals surface area contributed by atoms with E-state index in [-0.39, 0.29) is 17.2 Å². The number of H-pyrrole nitrogens is 1. The van der Waals surface area contributed by atoms with Crippen LogP contribution in [0.5, 0.6) is 0 Å². The van der Waals surface area contributed by atoms with Gasteiger partial charge < -0.3 is 25.4 Å². The van der Waals surface area contributed by atoms with Crippen molar-refractivity contribution in [3.63, 3.8) is 0 Å². The molecule has 67 heavy (non-hydrogen) atoms. The Bertz CT molecular complexity index is 2960. The van der Waals surface area contributed by atoms with Crippen molar-refractivity contribution in [1.29, 1.82) is 0 Å². The molecule has 19 heteroatoms. The summed E-state index contributed by atoms with van der Waals surface area (Å²) in [7, 11) is 0. The van der Waals surface area contributed by atoms with Gasteiger partial charge in [-0.2, -0.15) is 0 Å². The predicted octanol–water partition coefficient (Wildman–Crippen LogP) is 6.78. The van der Waals surface area contributed by atoms with E-state index in [2.05, 4.69) is 65.3 Å². The monoisotopic (exact) mass is 938 g/mol. The third-order valence-electron chi connectivity index (χ3n) is 13.0. The van der Waals surface area contributed by atoms with Gasteiger partial charge in [0.1, 0.15) is 5.82 Å². The third-order valence-corrected chi connectivity index (χ3v) is 14.6. The van der Waals surface area contributed by atoms with E-state index in [4.69, 9.17) is 19.9 Å². The molecule has 6 aromatic rings. The molecule has 4 aliphatic heterocycles. The van der Waals surface area contributed by atoms with E-state index in [9.17, 15) is 23.6 Å². The number of hydrogen-bond acceptors (Lipinski definition) is 15. The van der Waals surface area contributed by atoms with Crippen LogP contribution in [-0.2, 0) is 22.7 Å². The number of fused-ring (bicyclic) bond motifs is 2. The zero-order valence-corrected chi connectivity index (χ0v) is 38.0. The number of amides is 4. The van der Waals surface area contributed by atoms with Crippen LogP contribution >= 0.6 is 23.5 Å². The molecular weight excluding hydrogens is 892 g/mol. The SMILES string of the molecule is O=C1NC(=O)C(=Cc2ccnc(N3CCC(CNCc4ccc5cc(F)ccc5n4)(CC4CN(c5nccc(C=C6SC(=O)NC6=O)n5)CCC4CNCc4ccc5[nH]ccc5c4)CC3)n2)S1. The van der Waals surface area contributed by atoms with Crippen LogP contribution in [0.3, 0.4) is 0 Å². The minimum Gasteiger partial charge on any atom is -0.361 e. The Morgan fingerprint density at radius 1 is 0.731 bits per heavy atom. The summed E-state index contributed by atoms with van der Waals surface area (Å²) in [6.45, 7) is 5.70. The van der Waals surface area contributed by atoms with Crippen molar-refractivity contribution in [2.45, 2.75) is 38.8 Å². The number of piperidine rings is 2. The molecule has 0 aliphatic carbocycles. The number of nitrogens with zero attached hydrogens (tertiary/aromatic N) is 7. The van der Waals surface area contributed by atoms with Gasteiger partial charge in [-0.25, -0.2) is 24.3 Å². The molecule has 4 fully saturated rings. The van der Waals surface area contributed by atoms with Crippen molar-refractivity contribution in [3.8, 4) is 0 Å². The number of imide groups is 2. The van der Waals surface area contributed by atoms with Crippen LogP contribution in [0.1, 0.15) is 48.3 Å². The Hall–Kier alpha value is -6.54. The van der Waals surface area contributed by atoms with E-state index in [0.29, 0.717) is 58.6 Å². The van der Waals surface area contributed by atoms with Crippen molar-refractivity contribution in [1.82, 2.24) is 51.2 Å². The number of aromatic amines is 1. The van der Waals surface area contributed by atoms with E-state index in [1.165, 1.54) is 23.1 Å². The van der Waals surface area contributed by atoms with Crippen LogP contribution in [-0.4, -0.2) is 91.5 Å². The molecule has 4 amide bonds. The lowest BCUT2D eigenvalue weighted by molar-refractivity contribution is -0.116. The minimum atomic E-state index is -0.433. The van der Waals surface area contributed by atoms with Gasteiger partial charge in [0.15, 0.2) is 0 Å². The molecule has 0 bridgehead atoms. The number of carbonyl (C=O) groups excluding carboxylic acids is 4. The molecule has 342 valence electrons. The van der Waals surface area contributed by atoms with Crippen LogP contribution in [0.25, 0.3) is 34.0 Å². The number of nitrogens with one attached hydrogen (secondary N) is 5. The van der Waals surface area contributed by atoms with Gasteiger partial charge in [0.2, 0.25) is 11.9 Å². The first kappa shape index (κ1) is 44.3. The van der Waals surface area contributed by atoms with Gasteiger partial charge in [0.05, 0.1) is 32.4 Å². The number of anilines is 2. The molecule has 2 aromatic carbocycles. The van der Waals surface area contributed by atoms with Crippen molar-refractivity contribution in [2.75, 3.05) is 49.1 Å². The summed E-state index contributed by atoms with van der Waals surface area (Å²) in [4.78, 5) is 80.6. The number of thioether (sulfide) groups is 2. The van der Waals surface area contributed by atoms with Crippen LogP contribution in [0.2, 0.25) is 0 Å². The summed E-state index contributed by atoms with van der Waals surface area (Å²) in [5.74, 6) is 0.561. The highest BCUT2D eigenvalue weighted by molar-refractivity contribution is 8.18. The van der Waals surface area contributed by atoms with Crippen LogP contribution in [0.4, 0.5) is 25.9 Å². The molecule has 4 aliphatic rings. The molecule has 10 rings (SSSR count). The van der Waals surface area contributed by atoms with Crippen molar-refractivity contribution in [2.24, 2.45) is 17.3 Å². The second kappa shape index (κ2) is 19.4. The molecule has 16 nitrogen and oxygen atoms in total. The Labute approximate surface area is 393 Å². The van der Waals surface area contributed by atoms with Gasteiger partial charge in [-0.05, 0) is 151 Å². The molecule has 4 saturated heterocycles. The minimum absolute atomic E-state index is 0.146. The maximum Gasteiger partial charge on any atom is 0.290 e. The fourth-order valence-corrected chi connectivity index (χ4v) is 10.9. The van der Waals surface area contributed by atoms with E-state index in [0.717, 1.165) is 104 Å². The Morgan fingerprint density at radius 3 is 2.15 bits per heavy atom. The van der Waals surface area contributed by atoms with E-state index in [1.54, 1.807) is 42.7 Å². The highest BCUT2D eigenvalue weighted by atomic mass is 32.2. The third kappa shape index (κ3) is 10.4. The summed E-state index contributed by atoms with van der Waals surface area (Å²) in [6, 6.07) is 20.6. The number of hydrogen-bond donors (Lipinski definition) is 5. The number of rotatable bonds is 14. The van der Waals surface area contributed by atoms with Gasteiger partial charge in [-0.15, -0.1) is 0 Å². The van der Waals surface area contributed by atoms with Crippen LogP contribution in [0, 0.1) is 23.1 Å². The summed E-state index contributed by atoms with van der Waals surface area (Å²) >= 11 is 1.72. The van der Waals surface area contributed by atoms with Gasteiger partial charge in [0, 0.05) is 75.3 Å². The van der Waals surface area contributed by atoms with Crippen molar-refractivity contribution >= 4 is 91.7 Å². The fraction of sp³-hybridized carbons (Fsp3) is 0.312. The predicted molar refractivity (Wildman–Crippen MR) is 258 cm³/mol. The second-order valence-corrected chi connectivity index (χ2v) is 19.5. The number of benzene rings is 2. The number of aromatic nitrogens is 6. The number of halogens is 1. The summed E-state index contributed by atoms with van der Waals surface area (Å²) in [6.07, 6.45) is 12.1. The summed E-state index contributed by atoms with van der Waals surface area (Å²) in [5, 5.41) is 13.3. The standard InChI is InChI=1S/C48H47FN12O4S2/c49-34-3-6-39-30(20-34)2-4-37(55-39)26-51-28-48(11-17-60(18-12-48)44-53-14-8-35(56-44)21-40-42(62)58-46(64)66-40)23-33-27-61(45-54-15-9-36(57-45)22-41-43(63)59-47(65)67-41)16-10-32(33)25-50-24-29-1-5-38-31(19-29)7-13-52-38/h1-9,13-15,19-22,32-33,50-52H,10-12,16-18,23-28H2,(H,58,62,64)(H,59,63,65). The van der Waals surface area contributed by atoms with Crippen molar-refractivity contribution in [3.05, 3.63) is 124 Å². The average Bonchev–Trinajstić information content (AvgIpc) is 4.02. The van der Waals surface area contributed by atoms with Gasteiger partial charge in [0.25, 0.3) is 22.3 Å². The highest BCUT2D eigenvalue weighted by Gasteiger charge is 2.41. The largest absolute Gasteiger partial charge is 0.361 e. The lowest BCUT2D eigenvalue weighted by atomic mass is 9.68. The fourth-order valence-electron chi connectivity index (χ4n) is 9.56. The molecule has 4 aromatic heterocycles. The molecule has 2 atom stereocenters. The summed E-state index contributed by atoms with van der Waals surface area (Å²) < 4.78 is 14.0. The molecule has 0 spiro atoms. The first-order chi connectivity index (χ1) is 32.6. The van der Waals surface area contributed by atoms with Crippen LogP contribution in [0.15, 0.2) is 95.1 Å². The zero-order chi connectivity index (χ0) is 45.9. The maximum atomic E-state index is 14.0. The second-order valence-electron chi connectivity index (χ2n) is 17.5. The molecule has 0 radical (unpaired) electrons. The molecule has 0 saturated carbocycles. The van der Waals surface area contributed by atoms with E-state index in [1.807, 2.05) is 18.3 Å². The normalized spacial score (nSPS) is 21.0. The van der Waals surface area contributed by atoms with Gasteiger partial charge in [-0.1, -0.05) is 12.1 Å². The molecular formula is C48H47FN12O4S2. The van der Waals surface area contributed by atoms with E-state index >= 15 is 0 Å². The molecule has 2 unspecified atom stereocenters. The summed E-state index contributed by atoms with van der Waals surface area (Å²) in [5.41, 5.74) is 4.90. The average molecular weight is 939 g/mol. The highest BCUT2D eigenvalue weighted by Crippen LogP contribution is 2.42. The molecule has 5 N–H and O–H groups in total. The quantitative estimate of drug-likeness (QED) is 0.0715. The Balaban J connectivity index is 0.906. The number of pyridine rings is 1. The first-order valence-electron chi connectivity index (χ1n) is 22.3. The Kier molecular flexibility index (Phi) is 12.8. The smallest absolute Gasteiger partial charge is 0.290 e. The van der Waals surface area contributed by atoms with Gasteiger partial charge in [-0.3, -0.25) is 34.8 Å². The lowest BCUT2D eigenvalue weighted by Crippen LogP contribution is -2.51. The zero-order valence-electron chi connectivity index (χ0n) is 36.3. The van der Waals surface area contributed by atoms with Crippen molar-refractivity contribution < 1.29 is 23.6 Å². The first-order valence-corrected chi connectivity index (χ1v) is 23.9. The number of carbonyl (C=O) groups is 4. The van der Waals surface area contributed by atoms with Gasteiger partial charge >= 0.3 is 0 Å². The Morgan fingerprint density at radius 2 is 1.45 bits per heavy atom. The molecule has 8 heterocycles. The van der Waals surface area contributed by atoms with Crippen LogP contribution < -0.4 is 31.1 Å².